The second-order valence-corrected chi connectivity index (χ2v) is 7.41. The van der Waals surface area contributed by atoms with E-state index in [2.05, 4.69) is 5.32 Å². The van der Waals surface area contributed by atoms with E-state index in [1.165, 1.54) is 23.1 Å². The highest BCUT2D eigenvalue weighted by atomic mass is 32.1. The summed E-state index contributed by atoms with van der Waals surface area (Å²) in [7, 11) is 0. The largest absolute Gasteiger partial charge is 0.449 e. The van der Waals surface area contributed by atoms with Gasteiger partial charge in [-0.1, -0.05) is 30.3 Å². The minimum absolute atomic E-state index is 0.0707. The van der Waals surface area contributed by atoms with Gasteiger partial charge >= 0.3 is 0 Å². The summed E-state index contributed by atoms with van der Waals surface area (Å²) in [5, 5.41) is 4.77. The minimum Gasteiger partial charge on any atom is -0.449 e. The van der Waals surface area contributed by atoms with Gasteiger partial charge in [0.2, 0.25) is 5.91 Å². The van der Waals surface area contributed by atoms with Crippen molar-refractivity contribution in [3.63, 3.8) is 0 Å². The molecule has 0 unspecified atom stereocenters. The number of hydrogen-bond acceptors (Lipinski definition) is 4. The first-order valence-electron chi connectivity index (χ1n) is 8.95. The van der Waals surface area contributed by atoms with Crippen LogP contribution in [0.15, 0.2) is 71.8 Å². The molecule has 7 heteroatoms. The number of thiophene rings is 1. The van der Waals surface area contributed by atoms with E-state index in [4.69, 9.17) is 4.74 Å². The summed E-state index contributed by atoms with van der Waals surface area (Å²) in [6.07, 6.45) is 1.54. The molecule has 4 rings (SSSR count). The number of nitrogens with zero attached hydrogens (tertiary/aromatic N) is 1. The van der Waals surface area contributed by atoms with E-state index in [1.54, 1.807) is 47.7 Å². The molecule has 2 aromatic carbocycles. The van der Waals surface area contributed by atoms with Gasteiger partial charge in [0, 0.05) is 4.88 Å². The molecule has 146 valence electrons. The van der Waals surface area contributed by atoms with Crippen LogP contribution >= 0.6 is 11.3 Å². The lowest BCUT2D eigenvalue weighted by molar-refractivity contribution is -0.123. The van der Waals surface area contributed by atoms with Crippen LogP contribution in [-0.4, -0.2) is 18.4 Å². The third-order valence-corrected chi connectivity index (χ3v) is 5.22. The normalized spacial score (nSPS) is 14.4. The summed E-state index contributed by atoms with van der Waals surface area (Å²) >= 11 is 1.55. The Morgan fingerprint density at radius 1 is 1.10 bits per heavy atom. The van der Waals surface area contributed by atoms with Gasteiger partial charge in [-0.2, -0.15) is 0 Å². The first kappa shape index (κ1) is 18.9. The van der Waals surface area contributed by atoms with Crippen LogP contribution in [0.5, 0.6) is 5.75 Å². The first-order valence-corrected chi connectivity index (χ1v) is 9.83. The summed E-state index contributed by atoms with van der Waals surface area (Å²) in [5.74, 6) is -0.519. The standard InChI is InChI=1S/C22H17FN2O3S/c23-16-9-7-15(8-10-16)12-20-22(27)25(18-5-1-2-6-19(18)28-20)14-21(26)24-13-17-4-3-11-29-17/h1-12H,13-14H2,(H,24,26)/b20-12+. The Bertz CT molecular complexity index is 1060. The van der Waals surface area contributed by atoms with Crippen molar-refractivity contribution in [2.75, 3.05) is 11.4 Å². The van der Waals surface area contributed by atoms with Crippen molar-refractivity contribution < 1.29 is 18.7 Å². The Balaban J connectivity index is 1.57. The quantitative estimate of drug-likeness (QED) is 0.650. The first-order chi connectivity index (χ1) is 14.1. The molecule has 1 aliphatic rings. The van der Waals surface area contributed by atoms with Crippen molar-refractivity contribution in [2.45, 2.75) is 6.54 Å². The van der Waals surface area contributed by atoms with Crippen LogP contribution in [0.3, 0.4) is 0 Å². The predicted octanol–water partition coefficient (Wildman–Crippen LogP) is 3.97. The van der Waals surface area contributed by atoms with Crippen LogP contribution in [-0.2, 0) is 16.1 Å². The lowest BCUT2D eigenvalue weighted by Gasteiger charge is -2.30. The number of fused-ring (bicyclic) bond motifs is 1. The van der Waals surface area contributed by atoms with E-state index in [-0.39, 0.29) is 24.0 Å². The van der Waals surface area contributed by atoms with Gasteiger partial charge in [0.25, 0.3) is 5.91 Å². The van der Waals surface area contributed by atoms with Crippen LogP contribution in [0.25, 0.3) is 6.08 Å². The van der Waals surface area contributed by atoms with Crippen molar-refractivity contribution in [3.05, 3.63) is 88.1 Å². The Labute approximate surface area is 171 Å². The number of benzene rings is 2. The number of amides is 2. The van der Waals surface area contributed by atoms with Gasteiger partial charge in [-0.15, -0.1) is 11.3 Å². The average molecular weight is 408 g/mol. The molecule has 2 amide bonds. The fourth-order valence-corrected chi connectivity index (χ4v) is 3.57. The molecule has 0 fully saturated rings. The smallest absolute Gasteiger partial charge is 0.294 e. The molecule has 2 heterocycles. The minimum atomic E-state index is -0.431. The maximum Gasteiger partial charge on any atom is 0.294 e. The molecule has 5 nitrogen and oxygen atoms in total. The Hall–Kier alpha value is -3.45. The summed E-state index contributed by atoms with van der Waals surface area (Å²) in [4.78, 5) is 27.9. The topological polar surface area (TPSA) is 58.6 Å². The van der Waals surface area contributed by atoms with Crippen molar-refractivity contribution in [1.82, 2.24) is 5.32 Å². The van der Waals surface area contributed by atoms with Crippen LogP contribution in [0.4, 0.5) is 10.1 Å². The van der Waals surface area contributed by atoms with Crippen LogP contribution in [0.1, 0.15) is 10.4 Å². The number of nitrogens with one attached hydrogen (secondary N) is 1. The third-order valence-electron chi connectivity index (χ3n) is 4.34. The zero-order valence-corrected chi connectivity index (χ0v) is 16.1. The molecule has 1 aromatic heterocycles. The molecule has 0 saturated carbocycles. The van der Waals surface area contributed by atoms with Crippen LogP contribution in [0, 0.1) is 5.82 Å². The van der Waals surface area contributed by atoms with Crippen molar-refractivity contribution >= 4 is 34.9 Å². The molecule has 0 saturated heterocycles. The molecular formula is C22H17FN2O3S. The second-order valence-electron chi connectivity index (χ2n) is 6.38. The molecule has 1 aliphatic heterocycles. The fourth-order valence-electron chi connectivity index (χ4n) is 2.93. The van der Waals surface area contributed by atoms with Gasteiger partial charge in [0.05, 0.1) is 12.2 Å². The van der Waals surface area contributed by atoms with Crippen LogP contribution < -0.4 is 15.0 Å². The maximum atomic E-state index is 13.1. The van der Waals surface area contributed by atoms with Crippen molar-refractivity contribution in [2.24, 2.45) is 0 Å². The summed E-state index contributed by atoms with van der Waals surface area (Å²) < 4.78 is 18.9. The fraction of sp³-hybridized carbons (Fsp3) is 0.0909. The molecule has 3 aromatic rings. The Morgan fingerprint density at radius 3 is 2.66 bits per heavy atom. The van der Waals surface area contributed by atoms with Gasteiger partial charge in [-0.05, 0) is 47.4 Å². The lowest BCUT2D eigenvalue weighted by atomic mass is 10.1. The number of carbonyl (C=O) groups is 2. The zero-order chi connectivity index (χ0) is 20.2. The van der Waals surface area contributed by atoms with Gasteiger partial charge in [0.15, 0.2) is 11.5 Å². The number of carbonyl (C=O) groups excluding carboxylic acids is 2. The van der Waals surface area contributed by atoms with Crippen molar-refractivity contribution in [3.8, 4) is 5.75 Å². The molecule has 0 radical (unpaired) electrons. The van der Waals surface area contributed by atoms with E-state index in [0.717, 1.165) is 4.88 Å². The van der Waals surface area contributed by atoms with Gasteiger partial charge < -0.3 is 10.1 Å². The molecule has 0 aliphatic carbocycles. The molecule has 0 bridgehead atoms. The highest BCUT2D eigenvalue weighted by Gasteiger charge is 2.31. The average Bonchev–Trinajstić information content (AvgIpc) is 3.25. The van der Waals surface area contributed by atoms with E-state index in [0.29, 0.717) is 23.5 Å². The van der Waals surface area contributed by atoms with Gasteiger partial charge in [0.1, 0.15) is 12.4 Å². The summed E-state index contributed by atoms with van der Waals surface area (Å²) in [6, 6.07) is 16.6. The molecular weight excluding hydrogens is 391 g/mol. The van der Waals surface area contributed by atoms with E-state index >= 15 is 0 Å². The number of anilines is 1. The monoisotopic (exact) mass is 408 g/mol. The predicted molar refractivity (Wildman–Crippen MR) is 110 cm³/mol. The van der Waals surface area contributed by atoms with E-state index < -0.39 is 5.91 Å². The van der Waals surface area contributed by atoms with Gasteiger partial charge in [-0.3, -0.25) is 14.5 Å². The number of para-hydroxylation sites is 2. The molecule has 1 N–H and O–H groups in total. The second kappa shape index (κ2) is 8.28. The van der Waals surface area contributed by atoms with E-state index in [1.807, 2.05) is 17.5 Å². The number of halogens is 1. The summed E-state index contributed by atoms with van der Waals surface area (Å²) in [6.45, 7) is 0.278. The SMILES string of the molecule is O=C(CN1C(=O)/C(=C\c2ccc(F)cc2)Oc2ccccc21)NCc1cccs1. The highest BCUT2D eigenvalue weighted by Crippen LogP contribution is 2.35. The lowest BCUT2D eigenvalue weighted by Crippen LogP contribution is -2.44. The number of rotatable bonds is 5. The zero-order valence-electron chi connectivity index (χ0n) is 15.3. The van der Waals surface area contributed by atoms with Crippen molar-refractivity contribution in [1.29, 1.82) is 0 Å². The molecule has 29 heavy (non-hydrogen) atoms. The third kappa shape index (κ3) is 4.35. The maximum absolute atomic E-state index is 13.1. The number of ether oxygens (including phenoxy) is 1. The van der Waals surface area contributed by atoms with Gasteiger partial charge in [-0.25, -0.2) is 4.39 Å². The molecule has 0 atom stereocenters. The Kier molecular flexibility index (Phi) is 5.39. The highest BCUT2D eigenvalue weighted by molar-refractivity contribution is 7.09. The summed E-state index contributed by atoms with van der Waals surface area (Å²) in [5.41, 5.74) is 1.15. The number of hydrogen-bond donors (Lipinski definition) is 1. The molecule has 0 spiro atoms. The van der Waals surface area contributed by atoms with Crippen LogP contribution in [0.2, 0.25) is 0 Å². The Morgan fingerprint density at radius 2 is 1.90 bits per heavy atom. The van der Waals surface area contributed by atoms with E-state index in [9.17, 15) is 14.0 Å².